The Balaban J connectivity index is 0.00000243. The second kappa shape index (κ2) is 9.09. The van der Waals surface area contributed by atoms with Crippen LogP contribution in [0, 0.1) is 5.82 Å². The van der Waals surface area contributed by atoms with Gasteiger partial charge in [-0.2, -0.15) is 0 Å². The van der Waals surface area contributed by atoms with Crippen LogP contribution in [0.1, 0.15) is 12.8 Å². The van der Waals surface area contributed by atoms with E-state index in [1.807, 2.05) is 0 Å². The molecule has 0 aromatic heterocycles. The quantitative estimate of drug-likeness (QED) is 0.759. The summed E-state index contributed by atoms with van der Waals surface area (Å²) < 4.78 is 46.2. The Bertz CT molecular complexity index is 728. The van der Waals surface area contributed by atoms with Crippen LogP contribution in [-0.4, -0.2) is 64.2 Å². The minimum absolute atomic E-state index is 0. The van der Waals surface area contributed by atoms with Crippen molar-refractivity contribution in [1.29, 1.82) is 0 Å². The molecule has 0 saturated carbocycles. The molecule has 2 aliphatic rings. The molecule has 0 spiro atoms. The van der Waals surface area contributed by atoms with Crippen LogP contribution in [-0.2, 0) is 19.6 Å². The van der Waals surface area contributed by atoms with Crippen LogP contribution in [0.5, 0.6) is 0 Å². The van der Waals surface area contributed by atoms with Crippen LogP contribution in [0.25, 0.3) is 0 Å². The topological polar surface area (TPSA) is 87.7 Å². The number of likely N-dealkylation sites (tertiary alicyclic amines) is 1. The second-order valence-corrected chi connectivity index (χ2v) is 7.98. The summed E-state index contributed by atoms with van der Waals surface area (Å²) in [6, 6.07) is 4.48. The monoisotopic (exact) mass is 407 g/mol. The number of benzene rings is 1. The molecule has 0 bridgehead atoms. The summed E-state index contributed by atoms with van der Waals surface area (Å²) in [6.07, 6.45) is 0.803. The van der Waals surface area contributed by atoms with Gasteiger partial charge >= 0.3 is 0 Å². The van der Waals surface area contributed by atoms with Crippen molar-refractivity contribution in [2.75, 3.05) is 32.8 Å². The molecular formula is C16H23ClFN3O4S. The number of piperidine rings is 1. The largest absolute Gasteiger partial charge is 0.366 e. The van der Waals surface area contributed by atoms with E-state index in [1.165, 1.54) is 18.2 Å². The Hall–Kier alpha value is -1.26. The fourth-order valence-electron chi connectivity index (χ4n) is 3.12. The fraction of sp³-hybridized carbons (Fsp3) is 0.562. The molecule has 0 radical (unpaired) electrons. The van der Waals surface area contributed by atoms with Gasteiger partial charge in [-0.15, -0.1) is 12.4 Å². The maximum atomic E-state index is 13.3. The highest BCUT2D eigenvalue weighted by molar-refractivity contribution is 7.89. The third-order valence-corrected chi connectivity index (χ3v) is 5.88. The molecule has 2 unspecified atom stereocenters. The van der Waals surface area contributed by atoms with E-state index >= 15 is 0 Å². The Morgan fingerprint density at radius 1 is 1.38 bits per heavy atom. The van der Waals surface area contributed by atoms with Gasteiger partial charge in [0.1, 0.15) is 11.9 Å². The highest BCUT2D eigenvalue weighted by Crippen LogP contribution is 2.17. The fourth-order valence-corrected chi connectivity index (χ4v) is 4.42. The summed E-state index contributed by atoms with van der Waals surface area (Å²) >= 11 is 0. The van der Waals surface area contributed by atoms with Crippen molar-refractivity contribution in [3.05, 3.63) is 30.1 Å². The van der Waals surface area contributed by atoms with Gasteiger partial charge < -0.3 is 15.0 Å². The second-order valence-electron chi connectivity index (χ2n) is 6.27. The summed E-state index contributed by atoms with van der Waals surface area (Å²) in [5.41, 5.74) is 0. The highest BCUT2D eigenvalue weighted by atomic mass is 35.5. The van der Waals surface area contributed by atoms with Crippen LogP contribution in [0.15, 0.2) is 29.2 Å². The molecule has 10 heteroatoms. The van der Waals surface area contributed by atoms with Gasteiger partial charge in [-0.05, 0) is 31.0 Å². The number of sulfonamides is 1. The number of rotatable bonds is 4. The summed E-state index contributed by atoms with van der Waals surface area (Å²) in [4.78, 5) is 14.0. The molecule has 3 rings (SSSR count). The number of ether oxygens (including phenoxy) is 1. The molecule has 2 N–H and O–H groups in total. The van der Waals surface area contributed by atoms with Gasteiger partial charge in [0.05, 0.1) is 11.5 Å². The average Bonchev–Trinajstić information content (AvgIpc) is 2.62. The third kappa shape index (κ3) is 5.14. The Morgan fingerprint density at radius 3 is 2.88 bits per heavy atom. The van der Waals surface area contributed by atoms with E-state index in [0.717, 1.165) is 12.6 Å². The lowest BCUT2D eigenvalue weighted by Gasteiger charge is -2.36. The lowest BCUT2D eigenvalue weighted by molar-refractivity contribution is -0.146. The summed E-state index contributed by atoms with van der Waals surface area (Å²) in [5.74, 6) is -0.730. The van der Waals surface area contributed by atoms with Crippen molar-refractivity contribution in [2.24, 2.45) is 0 Å². The van der Waals surface area contributed by atoms with Crippen molar-refractivity contribution in [1.82, 2.24) is 14.9 Å². The van der Waals surface area contributed by atoms with Crippen LogP contribution < -0.4 is 10.0 Å². The first kappa shape index (κ1) is 21.0. The van der Waals surface area contributed by atoms with E-state index in [-0.39, 0.29) is 29.8 Å². The van der Waals surface area contributed by atoms with Gasteiger partial charge in [0, 0.05) is 32.2 Å². The smallest absolute Gasteiger partial charge is 0.253 e. The van der Waals surface area contributed by atoms with Crippen molar-refractivity contribution in [2.45, 2.75) is 29.9 Å². The first-order valence-corrected chi connectivity index (χ1v) is 9.83. The number of nitrogens with one attached hydrogen (secondary N) is 2. The first-order valence-electron chi connectivity index (χ1n) is 8.35. The predicted octanol–water partition coefficient (Wildman–Crippen LogP) is 0.505. The van der Waals surface area contributed by atoms with E-state index in [2.05, 4.69) is 10.0 Å². The van der Waals surface area contributed by atoms with Crippen molar-refractivity contribution in [3.8, 4) is 0 Å². The number of amides is 1. The number of morpholine rings is 1. The van der Waals surface area contributed by atoms with Crippen molar-refractivity contribution < 1.29 is 22.3 Å². The van der Waals surface area contributed by atoms with Crippen LogP contribution in [0.3, 0.4) is 0 Å². The molecule has 2 aliphatic heterocycles. The van der Waals surface area contributed by atoms with Crippen LogP contribution in [0.2, 0.25) is 0 Å². The number of hydrogen-bond donors (Lipinski definition) is 2. The average molecular weight is 408 g/mol. The molecule has 2 heterocycles. The molecule has 2 fully saturated rings. The molecule has 7 nitrogen and oxygen atoms in total. The zero-order valence-electron chi connectivity index (χ0n) is 14.2. The van der Waals surface area contributed by atoms with Gasteiger partial charge in [0.2, 0.25) is 10.0 Å². The zero-order valence-corrected chi connectivity index (χ0v) is 15.8. The Labute approximate surface area is 158 Å². The van der Waals surface area contributed by atoms with Gasteiger partial charge in [-0.25, -0.2) is 17.5 Å². The zero-order chi connectivity index (χ0) is 17.9. The van der Waals surface area contributed by atoms with Gasteiger partial charge in [0.15, 0.2) is 0 Å². The maximum absolute atomic E-state index is 13.3. The van der Waals surface area contributed by atoms with Gasteiger partial charge in [0.25, 0.3) is 5.91 Å². The number of carbonyl (C=O) groups excluding carboxylic acids is 1. The third-order valence-electron chi connectivity index (χ3n) is 4.36. The summed E-state index contributed by atoms with van der Waals surface area (Å²) in [7, 11) is -3.83. The molecule has 26 heavy (non-hydrogen) atoms. The predicted molar refractivity (Wildman–Crippen MR) is 96.2 cm³/mol. The Morgan fingerprint density at radius 2 is 2.19 bits per heavy atom. The van der Waals surface area contributed by atoms with Gasteiger partial charge in [-0.3, -0.25) is 4.79 Å². The SMILES string of the molecule is Cl.O=C(C1CNCCO1)N1CCCC(NS(=O)(=O)c2cccc(F)c2)C1. The summed E-state index contributed by atoms with van der Waals surface area (Å²) in [6.45, 7) is 2.54. The number of hydrogen-bond acceptors (Lipinski definition) is 5. The van der Waals surface area contributed by atoms with Crippen LogP contribution >= 0.6 is 12.4 Å². The van der Waals surface area contributed by atoms with E-state index in [4.69, 9.17) is 4.74 Å². The lowest BCUT2D eigenvalue weighted by atomic mass is 10.1. The van der Waals surface area contributed by atoms with Crippen molar-refractivity contribution >= 4 is 28.3 Å². The molecule has 146 valence electrons. The van der Waals surface area contributed by atoms with E-state index in [9.17, 15) is 17.6 Å². The molecule has 1 aromatic rings. The number of carbonyl (C=O) groups is 1. The summed E-state index contributed by atoms with van der Waals surface area (Å²) in [5, 5.41) is 3.11. The maximum Gasteiger partial charge on any atom is 0.253 e. The normalized spacial score (nSPS) is 24.0. The molecule has 0 aliphatic carbocycles. The van der Waals surface area contributed by atoms with E-state index < -0.39 is 28.0 Å². The minimum Gasteiger partial charge on any atom is -0.366 e. The van der Waals surface area contributed by atoms with E-state index in [1.54, 1.807) is 4.90 Å². The Kier molecular flexibility index (Phi) is 7.36. The van der Waals surface area contributed by atoms with E-state index in [0.29, 0.717) is 32.5 Å². The van der Waals surface area contributed by atoms with Crippen LogP contribution in [0.4, 0.5) is 4.39 Å². The minimum atomic E-state index is -3.83. The molecule has 1 aromatic carbocycles. The standard InChI is InChI=1S/C16H22FN3O4S.ClH/c17-12-3-1-5-14(9-12)25(22,23)19-13-4-2-7-20(11-13)16(21)15-10-18-6-8-24-15;/h1,3,5,9,13,15,18-19H,2,4,6-8,10-11H2;1H. The van der Waals surface area contributed by atoms with Crippen molar-refractivity contribution in [3.63, 3.8) is 0 Å². The molecule has 2 saturated heterocycles. The number of nitrogens with zero attached hydrogens (tertiary/aromatic N) is 1. The lowest BCUT2D eigenvalue weighted by Crippen LogP contribution is -2.55. The highest BCUT2D eigenvalue weighted by Gasteiger charge is 2.32. The molecular weight excluding hydrogens is 385 g/mol. The molecule has 1 amide bonds. The molecule has 2 atom stereocenters. The number of halogens is 2. The van der Waals surface area contributed by atoms with Gasteiger partial charge in [-0.1, -0.05) is 6.07 Å². The first-order chi connectivity index (χ1) is 12.0.